The Bertz CT molecular complexity index is 448. The van der Waals surface area contributed by atoms with E-state index >= 15 is 0 Å². The Kier molecular flexibility index (Phi) is 4.43. The van der Waals surface area contributed by atoms with Crippen LogP contribution in [0.1, 0.15) is 38.4 Å². The van der Waals surface area contributed by atoms with Crippen molar-refractivity contribution in [2.45, 2.75) is 38.8 Å². The lowest BCUT2D eigenvalue weighted by atomic mass is 10.0. The van der Waals surface area contributed by atoms with Gasteiger partial charge in [-0.25, -0.2) is 0 Å². The number of nitrogens with zero attached hydrogens (tertiary/aromatic N) is 1. The van der Waals surface area contributed by atoms with Crippen LogP contribution in [0.4, 0.5) is 5.69 Å². The lowest BCUT2D eigenvalue weighted by Gasteiger charge is -2.38. The first-order chi connectivity index (χ1) is 9.19. The molecule has 0 radical (unpaired) electrons. The summed E-state index contributed by atoms with van der Waals surface area (Å²) in [6.45, 7) is 5.42. The van der Waals surface area contributed by atoms with Gasteiger partial charge in [-0.1, -0.05) is 32.0 Å². The van der Waals surface area contributed by atoms with Crippen LogP contribution in [0.3, 0.4) is 0 Å². The number of para-hydroxylation sites is 1. The number of aliphatic hydroxyl groups excluding tert-OH is 1. The molecule has 4 nitrogen and oxygen atoms in total. The SMILES string of the molecule is CCC(O)c1ccccc1N1CCNC(=O)C1CC. The molecule has 1 fully saturated rings. The third kappa shape index (κ3) is 2.73. The predicted octanol–water partition coefficient (Wildman–Crippen LogP) is 1.84. The highest BCUT2D eigenvalue weighted by Gasteiger charge is 2.30. The minimum Gasteiger partial charge on any atom is -0.388 e. The molecule has 4 heteroatoms. The van der Waals surface area contributed by atoms with Crippen molar-refractivity contribution in [1.82, 2.24) is 5.32 Å². The molecule has 1 aromatic rings. The van der Waals surface area contributed by atoms with Crippen LogP contribution in [0.2, 0.25) is 0 Å². The van der Waals surface area contributed by atoms with E-state index in [2.05, 4.69) is 10.2 Å². The Balaban J connectivity index is 2.37. The summed E-state index contributed by atoms with van der Waals surface area (Å²) >= 11 is 0. The number of rotatable bonds is 4. The van der Waals surface area contributed by atoms with Gasteiger partial charge in [0.1, 0.15) is 6.04 Å². The normalized spacial score (nSPS) is 21.1. The fourth-order valence-corrected chi connectivity index (χ4v) is 2.66. The predicted molar refractivity (Wildman–Crippen MR) is 76.1 cm³/mol. The van der Waals surface area contributed by atoms with E-state index in [0.29, 0.717) is 13.0 Å². The number of carbonyl (C=O) groups is 1. The molecule has 0 spiro atoms. The van der Waals surface area contributed by atoms with E-state index in [4.69, 9.17) is 0 Å². The molecule has 0 bridgehead atoms. The van der Waals surface area contributed by atoms with Crippen LogP contribution in [0, 0.1) is 0 Å². The van der Waals surface area contributed by atoms with Crippen molar-refractivity contribution < 1.29 is 9.90 Å². The van der Waals surface area contributed by atoms with E-state index in [1.54, 1.807) is 0 Å². The number of anilines is 1. The van der Waals surface area contributed by atoms with Gasteiger partial charge in [0.15, 0.2) is 0 Å². The van der Waals surface area contributed by atoms with Gasteiger partial charge in [0.2, 0.25) is 5.91 Å². The van der Waals surface area contributed by atoms with Crippen LogP contribution >= 0.6 is 0 Å². The molecule has 1 amide bonds. The standard InChI is InChI=1S/C15H22N2O2/c1-3-12-15(19)16-9-10-17(12)13-8-6-5-7-11(13)14(18)4-2/h5-8,12,14,18H,3-4,9-10H2,1-2H3,(H,16,19). The van der Waals surface area contributed by atoms with Gasteiger partial charge in [-0.2, -0.15) is 0 Å². The fourth-order valence-electron chi connectivity index (χ4n) is 2.66. The lowest BCUT2D eigenvalue weighted by molar-refractivity contribution is -0.123. The summed E-state index contributed by atoms with van der Waals surface area (Å²) in [5.41, 5.74) is 1.90. The molecule has 0 aliphatic carbocycles. The van der Waals surface area contributed by atoms with E-state index in [-0.39, 0.29) is 11.9 Å². The maximum absolute atomic E-state index is 11.9. The van der Waals surface area contributed by atoms with Gasteiger partial charge in [0.05, 0.1) is 6.10 Å². The first kappa shape index (κ1) is 13.9. The Morgan fingerprint density at radius 1 is 1.42 bits per heavy atom. The van der Waals surface area contributed by atoms with Gasteiger partial charge in [0, 0.05) is 24.3 Å². The number of amides is 1. The Morgan fingerprint density at radius 2 is 2.16 bits per heavy atom. The second kappa shape index (κ2) is 6.06. The summed E-state index contributed by atoms with van der Waals surface area (Å²) in [6, 6.07) is 7.69. The zero-order valence-electron chi connectivity index (χ0n) is 11.6. The summed E-state index contributed by atoms with van der Waals surface area (Å²) in [6.07, 6.45) is 0.967. The second-order valence-corrected chi connectivity index (χ2v) is 4.89. The molecule has 2 atom stereocenters. The minimum atomic E-state index is -0.473. The molecule has 2 unspecified atom stereocenters. The summed E-state index contributed by atoms with van der Waals surface area (Å²) in [5, 5.41) is 13.0. The van der Waals surface area contributed by atoms with Gasteiger partial charge in [-0.3, -0.25) is 4.79 Å². The van der Waals surface area contributed by atoms with Crippen molar-refractivity contribution in [1.29, 1.82) is 0 Å². The summed E-state index contributed by atoms with van der Waals surface area (Å²) in [4.78, 5) is 14.1. The molecule has 1 heterocycles. The average molecular weight is 262 g/mol. The molecule has 2 N–H and O–H groups in total. The number of nitrogens with one attached hydrogen (secondary N) is 1. The number of aliphatic hydroxyl groups is 1. The van der Waals surface area contributed by atoms with E-state index in [0.717, 1.165) is 24.2 Å². The van der Waals surface area contributed by atoms with Crippen molar-refractivity contribution in [3.05, 3.63) is 29.8 Å². The molecule has 104 valence electrons. The summed E-state index contributed by atoms with van der Waals surface area (Å²) in [5.74, 6) is 0.0783. The highest BCUT2D eigenvalue weighted by molar-refractivity contribution is 5.86. The van der Waals surface area contributed by atoms with E-state index < -0.39 is 6.10 Å². The Labute approximate surface area is 114 Å². The average Bonchev–Trinajstić information content (AvgIpc) is 2.46. The van der Waals surface area contributed by atoms with Crippen LogP contribution in [0.15, 0.2) is 24.3 Å². The van der Waals surface area contributed by atoms with E-state index in [9.17, 15) is 9.90 Å². The fraction of sp³-hybridized carbons (Fsp3) is 0.533. The molecule has 2 rings (SSSR count). The zero-order chi connectivity index (χ0) is 13.8. The quantitative estimate of drug-likeness (QED) is 0.870. The van der Waals surface area contributed by atoms with Gasteiger partial charge in [0.25, 0.3) is 0 Å². The van der Waals surface area contributed by atoms with Crippen LogP contribution in [0.5, 0.6) is 0 Å². The molecule has 19 heavy (non-hydrogen) atoms. The molecule has 1 saturated heterocycles. The first-order valence-corrected chi connectivity index (χ1v) is 7.00. The van der Waals surface area contributed by atoms with Crippen molar-refractivity contribution in [3.8, 4) is 0 Å². The number of hydrogen-bond acceptors (Lipinski definition) is 3. The maximum atomic E-state index is 11.9. The molecular weight excluding hydrogens is 240 g/mol. The summed E-state index contributed by atoms with van der Waals surface area (Å²) < 4.78 is 0. The monoisotopic (exact) mass is 262 g/mol. The number of hydrogen-bond donors (Lipinski definition) is 2. The van der Waals surface area contributed by atoms with Crippen molar-refractivity contribution >= 4 is 11.6 Å². The number of benzene rings is 1. The number of piperazine rings is 1. The second-order valence-electron chi connectivity index (χ2n) is 4.89. The Hall–Kier alpha value is -1.55. The highest BCUT2D eigenvalue weighted by atomic mass is 16.3. The van der Waals surface area contributed by atoms with Crippen LogP contribution in [0.25, 0.3) is 0 Å². The third-order valence-corrected chi connectivity index (χ3v) is 3.71. The topological polar surface area (TPSA) is 52.6 Å². The molecule has 1 aliphatic heterocycles. The van der Waals surface area contributed by atoms with Gasteiger partial charge >= 0.3 is 0 Å². The van der Waals surface area contributed by atoms with Gasteiger partial charge < -0.3 is 15.3 Å². The lowest BCUT2D eigenvalue weighted by Crippen LogP contribution is -2.55. The van der Waals surface area contributed by atoms with Crippen LogP contribution in [-0.4, -0.2) is 30.1 Å². The van der Waals surface area contributed by atoms with Crippen molar-refractivity contribution in [2.75, 3.05) is 18.0 Å². The molecule has 1 aliphatic rings. The largest absolute Gasteiger partial charge is 0.388 e. The van der Waals surface area contributed by atoms with Gasteiger partial charge in [-0.05, 0) is 18.9 Å². The molecule has 0 aromatic heterocycles. The van der Waals surface area contributed by atoms with E-state index in [1.165, 1.54) is 0 Å². The van der Waals surface area contributed by atoms with Crippen LogP contribution < -0.4 is 10.2 Å². The minimum absolute atomic E-state index is 0.0783. The van der Waals surface area contributed by atoms with Crippen molar-refractivity contribution in [2.24, 2.45) is 0 Å². The summed E-state index contributed by atoms with van der Waals surface area (Å²) in [7, 11) is 0. The molecule has 1 aromatic carbocycles. The molecule has 0 saturated carbocycles. The van der Waals surface area contributed by atoms with Gasteiger partial charge in [-0.15, -0.1) is 0 Å². The third-order valence-electron chi connectivity index (χ3n) is 3.71. The first-order valence-electron chi connectivity index (χ1n) is 7.00. The maximum Gasteiger partial charge on any atom is 0.242 e. The van der Waals surface area contributed by atoms with E-state index in [1.807, 2.05) is 38.1 Å². The molecular formula is C15H22N2O2. The number of carbonyl (C=O) groups excluding carboxylic acids is 1. The van der Waals surface area contributed by atoms with Crippen LogP contribution in [-0.2, 0) is 4.79 Å². The Morgan fingerprint density at radius 3 is 2.84 bits per heavy atom. The smallest absolute Gasteiger partial charge is 0.242 e. The zero-order valence-corrected chi connectivity index (χ0v) is 11.6. The highest BCUT2D eigenvalue weighted by Crippen LogP contribution is 2.30. The van der Waals surface area contributed by atoms with Crippen molar-refractivity contribution in [3.63, 3.8) is 0 Å².